The Bertz CT molecular complexity index is 518. The molecule has 2 aromatic rings. The van der Waals surface area contributed by atoms with Crippen LogP contribution in [0, 0.1) is 6.92 Å². The topological polar surface area (TPSA) is 42.2 Å². The summed E-state index contributed by atoms with van der Waals surface area (Å²) in [6.07, 6.45) is 0. The smallest absolute Gasteiger partial charge is 0.128 e. The minimum absolute atomic E-state index is 0.574. The molecule has 3 heteroatoms. The minimum atomic E-state index is 0.574. The zero-order chi connectivity index (χ0) is 11.7. The normalized spacial score (nSPS) is 10.8. The summed E-state index contributed by atoms with van der Waals surface area (Å²) < 4.78 is 0. The Balaban J connectivity index is 2.66. The first-order valence-corrected chi connectivity index (χ1v) is 5.39. The van der Waals surface area contributed by atoms with Crippen LogP contribution >= 0.6 is 0 Å². The van der Waals surface area contributed by atoms with E-state index in [-0.39, 0.29) is 0 Å². The molecule has 2 N–H and O–H groups in total. The Kier molecular flexibility index (Phi) is 2.79. The van der Waals surface area contributed by atoms with Gasteiger partial charge >= 0.3 is 0 Å². The van der Waals surface area contributed by atoms with Crippen molar-refractivity contribution in [2.45, 2.75) is 13.5 Å². The summed E-state index contributed by atoms with van der Waals surface area (Å²) in [5.41, 5.74) is 9.06. The number of anilines is 1. The van der Waals surface area contributed by atoms with Crippen molar-refractivity contribution >= 4 is 16.7 Å². The number of pyridine rings is 1. The van der Waals surface area contributed by atoms with Gasteiger partial charge in [0.1, 0.15) is 5.82 Å². The first kappa shape index (κ1) is 10.9. The summed E-state index contributed by atoms with van der Waals surface area (Å²) in [6.45, 7) is 2.68. The third kappa shape index (κ3) is 1.86. The largest absolute Gasteiger partial charge is 0.363 e. The van der Waals surface area contributed by atoms with E-state index in [1.165, 1.54) is 10.9 Å². The van der Waals surface area contributed by atoms with Crippen LogP contribution in [0.15, 0.2) is 24.3 Å². The Morgan fingerprint density at radius 2 is 2.00 bits per heavy atom. The SMILES string of the molecule is Cc1cc(N(C)C)nc2ccc(CN)cc12. The second kappa shape index (κ2) is 4.10. The molecule has 0 atom stereocenters. The second-order valence-corrected chi connectivity index (χ2v) is 4.25. The zero-order valence-electron chi connectivity index (χ0n) is 9.99. The van der Waals surface area contributed by atoms with E-state index in [2.05, 4.69) is 24.0 Å². The lowest BCUT2D eigenvalue weighted by molar-refractivity contribution is 1.06. The lowest BCUT2D eigenvalue weighted by atomic mass is 10.1. The van der Waals surface area contributed by atoms with E-state index in [0.29, 0.717) is 6.54 Å². The molecular weight excluding hydrogens is 198 g/mol. The monoisotopic (exact) mass is 215 g/mol. The molecule has 0 amide bonds. The Morgan fingerprint density at radius 3 is 2.62 bits per heavy atom. The molecule has 0 bridgehead atoms. The van der Waals surface area contributed by atoms with E-state index >= 15 is 0 Å². The maximum Gasteiger partial charge on any atom is 0.128 e. The van der Waals surface area contributed by atoms with Crippen LogP contribution in [0.2, 0.25) is 0 Å². The summed E-state index contributed by atoms with van der Waals surface area (Å²) in [5, 5.41) is 1.19. The van der Waals surface area contributed by atoms with E-state index in [9.17, 15) is 0 Å². The average molecular weight is 215 g/mol. The van der Waals surface area contributed by atoms with Gasteiger partial charge in [-0.2, -0.15) is 0 Å². The molecule has 0 aliphatic rings. The second-order valence-electron chi connectivity index (χ2n) is 4.25. The van der Waals surface area contributed by atoms with Crippen LogP contribution in [0.4, 0.5) is 5.82 Å². The quantitative estimate of drug-likeness (QED) is 0.834. The zero-order valence-corrected chi connectivity index (χ0v) is 9.99. The molecule has 0 spiro atoms. The van der Waals surface area contributed by atoms with Crippen LogP contribution < -0.4 is 10.6 Å². The number of nitrogens with zero attached hydrogens (tertiary/aromatic N) is 2. The standard InChI is InChI=1S/C13H17N3/c1-9-6-13(16(2)3)15-12-5-4-10(8-14)7-11(9)12/h4-7H,8,14H2,1-3H3. The maximum atomic E-state index is 5.64. The van der Waals surface area contributed by atoms with Gasteiger partial charge < -0.3 is 10.6 Å². The Hall–Kier alpha value is -1.61. The predicted octanol–water partition coefficient (Wildman–Crippen LogP) is 2.07. The van der Waals surface area contributed by atoms with E-state index in [0.717, 1.165) is 16.9 Å². The molecule has 3 nitrogen and oxygen atoms in total. The molecule has 0 saturated heterocycles. The van der Waals surface area contributed by atoms with Crippen molar-refractivity contribution < 1.29 is 0 Å². The van der Waals surface area contributed by atoms with Gasteiger partial charge in [0, 0.05) is 26.0 Å². The van der Waals surface area contributed by atoms with E-state index in [1.807, 2.05) is 31.1 Å². The van der Waals surface area contributed by atoms with E-state index in [1.54, 1.807) is 0 Å². The molecule has 0 aliphatic heterocycles. The fraction of sp³-hybridized carbons (Fsp3) is 0.308. The van der Waals surface area contributed by atoms with E-state index in [4.69, 9.17) is 5.73 Å². The highest BCUT2D eigenvalue weighted by Gasteiger charge is 2.04. The number of rotatable bonds is 2. The van der Waals surface area contributed by atoms with Gasteiger partial charge in [-0.25, -0.2) is 4.98 Å². The lowest BCUT2D eigenvalue weighted by Crippen LogP contribution is -2.11. The molecule has 0 radical (unpaired) electrons. The van der Waals surface area contributed by atoms with Crippen LogP contribution in [-0.4, -0.2) is 19.1 Å². The average Bonchev–Trinajstić information content (AvgIpc) is 2.28. The summed E-state index contributed by atoms with van der Waals surface area (Å²) in [6, 6.07) is 8.30. The van der Waals surface area contributed by atoms with Crippen molar-refractivity contribution in [2.75, 3.05) is 19.0 Å². The van der Waals surface area contributed by atoms with Crippen LogP contribution in [-0.2, 0) is 6.54 Å². The molecule has 0 saturated carbocycles. The van der Waals surface area contributed by atoms with Crippen LogP contribution in [0.25, 0.3) is 10.9 Å². The maximum absolute atomic E-state index is 5.64. The number of benzene rings is 1. The highest BCUT2D eigenvalue weighted by atomic mass is 15.1. The van der Waals surface area contributed by atoms with Gasteiger partial charge in [-0.1, -0.05) is 6.07 Å². The first-order chi connectivity index (χ1) is 7.61. The Labute approximate surface area is 95.9 Å². The summed E-state index contributed by atoms with van der Waals surface area (Å²) >= 11 is 0. The number of nitrogens with two attached hydrogens (primary N) is 1. The third-order valence-electron chi connectivity index (χ3n) is 2.76. The van der Waals surface area contributed by atoms with Crippen molar-refractivity contribution in [1.29, 1.82) is 0 Å². The number of hydrogen-bond acceptors (Lipinski definition) is 3. The lowest BCUT2D eigenvalue weighted by Gasteiger charge is -2.14. The minimum Gasteiger partial charge on any atom is -0.363 e. The molecule has 0 unspecified atom stereocenters. The number of aryl methyl sites for hydroxylation is 1. The van der Waals surface area contributed by atoms with Crippen molar-refractivity contribution in [3.8, 4) is 0 Å². The molecule has 0 fully saturated rings. The van der Waals surface area contributed by atoms with Gasteiger partial charge in [-0.05, 0) is 36.2 Å². The van der Waals surface area contributed by atoms with Gasteiger partial charge in [-0.3, -0.25) is 0 Å². The Morgan fingerprint density at radius 1 is 1.25 bits per heavy atom. The van der Waals surface area contributed by atoms with Crippen LogP contribution in [0.1, 0.15) is 11.1 Å². The predicted molar refractivity (Wildman–Crippen MR) is 68.7 cm³/mol. The van der Waals surface area contributed by atoms with Crippen molar-refractivity contribution in [2.24, 2.45) is 5.73 Å². The molecule has 0 aliphatic carbocycles. The van der Waals surface area contributed by atoms with Crippen molar-refractivity contribution in [3.63, 3.8) is 0 Å². The van der Waals surface area contributed by atoms with Crippen molar-refractivity contribution in [1.82, 2.24) is 4.98 Å². The van der Waals surface area contributed by atoms with E-state index < -0.39 is 0 Å². The van der Waals surface area contributed by atoms with Crippen LogP contribution in [0.5, 0.6) is 0 Å². The number of aromatic nitrogens is 1. The van der Waals surface area contributed by atoms with Gasteiger partial charge in [-0.15, -0.1) is 0 Å². The van der Waals surface area contributed by atoms with Gasteiger partial charge in [0.05, 0.1) is 5.52 Å². The molecular formula is C13H17N3. The van der Waals surface area contributed by atoms with Gasteiger partial charge in [0.15, 0.2) is 0 Å². The fourth-order valence-electron chi connectivity index (χ4n) is 1.78. The summed E-state index contributed by atoms with van der Waals surface area (Å²) in [4.78, 5) is 6.61. The molecule has 84 valence electrons. The van der Waals surface area contributed by atoms with Gasteiger partial charge in [0.2, 0.25) is 0 Å². The molecule has 16 heavy (non-hydrogen) atoms. The number of fused-ring (bicyclic) bond motifs is 1. The molecule has 2 rings (SSSR count). The highest BCUT2D eigenvalue weighted by Crippen LogP contribution is 2.22. The fourth-order valence-corrected chi connectivity index (χ4v) is 1.78. The van der Waals surface area contributed by atoms with Crippen LogP contribution in [0.3, 0.4) is 0 Å². The summed E-state index contributed by atoms with van der Waals surface area (Å²) in [5.74, 6) is 0.991. The first-order valence-electron chi connectivity index (χ1n) is 5.39. The third-order valence-corrected chi connectivity index (χ3v) is 2.76. The molecule has 1 aromatic carbocycles. The molecule has 1 heterocycles. The van der Waals surface area contributed by atoms with Crippen molar-refractivity contribution in [3.05, 3.63) is 35.4 Å². The number of hydrogen-bond donors (Lipinski definition) is 1. The highest BCUT2D eigenvalue weighted by molar-refractivity contribution is 5.84. The summed E-state index contributed by atoms with van der Waals surface area (Å²) in [7, 11) is 4.00. The van der Waals surface area contributed by atoms with Gasteiger partial charge in [0.25, 0.3) is 0 Å². The molecule has 1 aromatic heterocycles.